The number of aromatic nitrogens is 1. The van der Waals surface area contributed by atoms with Crippen LogP contribution in [-0.4, -0.2) is 19.5 Å². The van der Waals surface area contributed by atoms with Crippen LogP contribution in [0.4, 0.5) is 0 Å². The Bertz CT molecular complexity index is 427. The first kappa shape index (κ1) is 9.05. The minimum Gasteiger partial charge on any atom is -0.249 e. The molecular weight excluding hydrogens is 200 g/mol. The largest absolute Gasteiger partial charge is 0.303 e. The van der Waals surface area contributed by atoms with Gasteiger partial charge in [-0.05, 0) is 6.92 Å². The molecule has 0 aliphatic heterocycles. The predicted molar refractivity (Wildman–Crippen MR) is 42.2 cm³/mol. The second kappa shape index (κ2) is 3.14. The standard InChI is InChI=1S/C5H4N2O3S2/c1-4-6-2-5(11-4)12(9,10)7-3-8/h2H,1H3. The van der Waals surface area contributed by atoms with Crippen molar-refractivity contribution >= 4 is 27.4 Å². The molecule has 0 bridgehead atoms. The molecule has 0 unspecified atom stereocenters. The summed E-state index contributed by atoms with van der Waals surface area (Å²) in [6.07, 6.45) is 2.14. The van der Waals surface area contributed by atoms with Gasteiger partial charge < -0.3 is 0 Å². The molecule has 1 heterocycles. The molecule has 0 saturated carbocycles. The molecule has 0 aromatic carbocycles. The zero-order valence-corrected chi connectivity index (χ0v) is 7.65. The summed E-state index contributed by atoms with van der Waals surface area (Å²) >= 11 is 0.963. The SMILES string of the molecule is Cc1ncc(S(=O)(=O)N=C=O)s1. The lowest BCUT2D eigenvalue weighted by atomic mass is 10.8. The minimum atomic E-state index is -3.83. The van der Waals surface area contributed by atoms with Crippen molar-refractivity contribution in [2.45, 2.75) is 11.1 Å². The fourth-order valence-corrected chi connectivity index (χ4v) is 2.33. The molecule has 0 fully saturated rings. The lowest BCUT2D eigenvalue weighted by Gasteiger charge is -1.85. The van der Waals surface area contributed by atoms with Gasteiger partial charge in [0, 0.05) is 0 Å². The van der Waals surface area contributed by atoms with E-state index in [9.17, 15) is 13.2 Å². The molecule has 0 atom stereocenters. The van der Waals surface area contributed by atoms with Gasteiger partial charge in [0.15, 0.2) is 4.21 Å². The first-order chi connectivity index (χ1) is 5.56. The van der Waals surface area contributed by atoms with Gasteiger partial charge in [0.25, 0.3) is 6.08 Å². The Labute approximate surface area is 72.8 Å². The number of aryl methyl sites for hydroxylation is 1. The number of hydrogen-bond acceptors (Lipinski definition) is 5. The number of nitrogens with zero attached hydrogens (tertiary/aromatic N) is 2. The summed E-state index contributed by atoms with van der Waals surface area (Å²) in [4.78, 5) is 13.4. The normalized spacial score (nSPS) is 10.8. The molecule has 5 nitrogen and oxygen atoms in total. The van der Waals surface area contributed by atoms with Gasteiger partial charge in [-0.15, -0.1) is 11.3 Å². The summed E-state index contributed by atoms with van der Waals surface area (Å²) in [5, 5.41) is 0.606. The lowest BCUT2D eigenvalue weighted by molar-refractivity contribution is 0.564. The van der Waals surface area contributed by atoms with E-state index in [4.69, 9.17) is 0 Å². The molecule has 0 amide bonds. The number of thiazole rings is 1. The zero-order valence-electron chi connectivity index (χ0n) is 6.01. The van der Waals surface area contributed by atoms with E-state index in [1.54, 1.807) is 6.92 Å². The maximum Gasteiger partial charge on any atom is 0.303 e. The van der Waals surface area contributed by atoms with Gasteiger partial charge in [-0.2, -0.15) is 8.42 Å². The van der Waals surface area contributed by atoms with Gasteiger partial charge in [-0.3, -0.25) is 0 Å². The average Bonchev–Trinajstić information content (AvgIpc) is 2.36. The molecule has 0 saturated heterocycles. The predicted octanol–water partition coefficient (Wildman–Crippen LogP) is 0.476. The van der Waals surface area contributed by atoms with Gasteiger partial charge in [0.05, 0.1) is 11.2 Å². The molecular formula is C5H4N2O3S2. The second-order valence-electron chi connectivity index (χ2n) is 1.86. The van der Waals surface area contributed by atoms with Crippen LogP contribution < -0.4 is 0 Å². The van der Waals surface area contributed by atoms with Gasteiger partial charge in [0.2, 0.25) is 0 Å². The highest BCUT2D eigenvalue weighted by atomic mass is 32.2. The van der Waals surface area contributed by atoms with Crippen molar-refractivity contribution < 1.29 is 13.2 Å². The maximum absolute atomic E-state index is 11.0. The second-order valence-corrected chi connectivity index (χ2v) is 4.92. The van der Waals surface area contributed by atoms with Crippen LogP contribution in [0.5, 0.6) is 0 Å². The molecule has 7 heteroatoms. The van der Waals surface area contributed by atoms with Gasteiger partial charge in [0.1, 0.15) is 0 Å². The Morgan fingerprint density at radius 2 is 2.33 bits per heavy atom. The molecule has 0 spiro atoms. The van der Waals surface area contributed by atoms with Crippen LogP contribution in [0.25, 0.3) is 0 Å². The molecule has 0 aliphatic rings. The Morgan fingerprint density at radius 1 is 1.67 bits per heavy atom. The Kier molecular flexibility index (Phi) is 2.37. The fraction of sp³-hybridized carbons (Fsp3) is 0.200. The molecule has 0 radical (unpaired) electrons. The van der Waals surface area contributed by atoms with E-state index in [1.165, 1.54) is 0 Å². The number of rotatable bonds is 2. The third kappa shape index (κ3) is 1.76. The Morgan fingerprint density at radius 3 is 2.75 bits per heavy atom. The number of sulfonamides is 1. The lowest BCUT2D eigenvalue weighted by Crippen LogP contribution is -1.91. The highest BCUT2D eigenvalue weighted by Gasteiger charge is 2.15. The highest BCUT2D eigenvalue weighted by molar-refractivity contribution is 7.92. The summed E-state index contributed by atoms with van der Waals surface area (Å²) in [6, 6.07) is 0. The number of isocyanates is 1. The van der Waals surface area contributed by atoms with E-state index in [2.05, 4.69) is 9.38 Å². The molecule has 1 aromatic heterocycles. The molecule has 12 heavy (non-hydrogen) atoms. The summed E-state index contributed by atoms with van der Waals surface area (Å²) in [7, 11) is -3.83. The van der Waals surface area contributed by atoms with Crippen molar-refractivity contribution in [1.29, 1.82) is 0 Å². The van der Waals surface area contributed by atoms with Crippen LogP contribution in [0.15, 0.2) is 14.8 Å². The van der Waals surface area contributed by atoms with Crippen LogP contribution in [0.2, 0.25) is 0 Å². The summed E-state index contributed by atoms with van der Waals surface area (Å²) in [6.45, 7) is 1.66. The summed E-state index contributed by atoms with van der Waals surface area (Å²) < 4.78 is 24.6. The molecule has 0 aliphatic carbocycles. The number of hydrogen-bond donors (Lipinski definition) is 0. The van der Waals surface area contributed by atoms with Gasteiger partial charge in [-0.1, -0.05) is 4.40 Å². The van der Waals surface area contributed by atoms with Gasteiger partial charge in [-0.25, -0.2) is 9.78 Å². The van der Waals surface area contributed by atoms with Crippen LogP contribution >= 0.6 is 11.3 Å². The van der Waals surface area contributed by atoms with Gasteiger partial charge >= 0.3 is 10.0 Å². The Balaban J connectivity index is 3.23. The molecule has 1 rings (SSSR count). The van der Waals surface area contributed by atoms with E-state index in [0.29, 0.717) is 5.01 Å². The van der Waals surface area contributed by atoms with Crippen molar-refractivity contribution in [3.05, 3.63) is 11.2 Å². The van der Waals surface area contributed by atoms with Crippen molar-refractivity contribution in [1.82, 2.24) is 4.98 Å². The zero-order chi connectivity index (χ0) is 9.19. The summed E-state index contributed by atoms with van der Waals surface area (Å²) in [5.74, 6) is 0. The van der Waals surface area contributed by atoms with E-state index >= 15 is 0 Å². The quantitative estimate of drug-likeness (QED) is 0.518. The fourth-order valence-electron chi connectivity index (χ4n) is 0.555. The third-order valence-electron chi connectivity index (χ3n) is 1.01. The van der Waals surface area contributed by atoms with Crippen molar-refractivity contribution in [3.63, 3.8) is 0 Å². The average molecular weight is 204 g/mol. The molecule has 64 valence electrons. The van der Waals surface area contributed by atoms with E-state index in [1.807, 2.05) is 0 Å². The Hall–Kier alpha value is -1.04. The van der Waals surface area contributed by atoms with Crippen molar-refractivity contribution in [2.75, 3.05) is 0 Å². The first-order valence-corrected chi connectivity index (χ1v) is 5.08. The highest BCUT2D eigenvalue weighted by Crippen LogP contribution is 2.19. The summed E-state index contributed by atoms with van der Waals surface area (Å²) in [5.41, 5.74) is 0. The smallest absolute Gasteiger partial charge is 0.249 e. The van der Waals surface area contributed by atoms with Crippen LogP contribution in [0.1, 0.15) is 5.01 Å². The van der Waals surface area contributed by atoms with E-state index < -0.39 is 10.0 Å². The maximum atomic E-state index is 11.0. The topological polar surface area (TPSA) is 76.5 Å². The van der Waals surface area contributed by atoms with Crippen molar-refractivity contribution in [2.24, 2.45) is 4.40 Å². The monoisotopic (exact) mass is 204 g/mol. The van der Waals surface area contributed by atoms with Crippen LogP contribution in [0.3, 0.4) is 0 Å². The van der Waals surface area contributed by atoms with Crippen molar-refractivity contribution in [3.8, 4) is 0 Å². The molecule has 1 aromatic rings. The first-order valence-electron chi connectivity index (χ1n) is 2.83. The number of carbonyl (C=O) groups excluding carboxylic acids is 1. The minimum absolute atomic E-state index is 0.0386. The van der Waals surface area contributed by atoms with Crippen LogP contribution in [0, 0.1) is 6.92 Å². The van der Waals surface area contributed by atoms with E-state index in [-0.39, 0.29) is 4.21 Å². The van der Waals surface area contributed by atoms with Crippen LogP contribution in [-0.2, 0) is 14.8 Å². The molecule has 0 N–H and O–H groups in total. The van der Waals surface area contributed by atoms with E-state index in [0.717, 1.165) is 23.6 Å². The third-order valence-corrected chi connectivity index (χ3v) is 3.53.